The smallest absolute Gasteiger partial charge is 0.238 e. The number of amides is 1. The molecule has 1 aromatic heterocycles. The molecule has 0 atom stereocenters. The minimum atomic E-state index is -0.0403. The molecule has 1 aromatic carbocycles. The van der Waals surface area contributed by atoms with Crippen molar-refractivity contribution in [3.8, 4) is 0 Å². The predicted molar refractivity (Wildman–Crippen MR) is 73.5 cm³/mol. The first kappa shape index (κ1) is 11.8. The van der Waals surface area contributed by atoms with E-state index in [4.69, 9.17) is 0 Å². The lowest BCUT2D eigenvalue weighted by molar-refractivity contribution is -0.115. The van der Waals surface area contributed by atoms with E-state index in [9.17, 15) is 4.79 Å². The average molecular weight is 246 g/mol. The summed E-state index contributed by atoms with van der Waals surface area (Å²) in [6, 6.07) is 7.97. The number of hydrogen-bond donors (Lipinski definition) is 2. The summed E-state index contributed by atoms with van der Waals surface area (Å²) in [7, 11) is 0. The molecule has 0 bridgehead atoms. The molecule has 1 amide bonds. The fourth-order valence-corrected chi connectivity index (χ4v) is 2.31. The molecule has 88 valence electrons. The Morgan fingerprint density at radius 2 is 2.29 bits per heavy atom. The summed E-state index contributed by atoms with van der Waals surface area (Å²) in [6.07, 6.45) is 1.73. The van der Waals surface area contributed by atoms with Gasteiger partial charge in [0.2, 0.25) is 5.91 Å². The molecule has 0 aliphatic heterocycles. The molecule has 2 rings (SSSR count). The Balaban J connectivity index is 1.97. The number of rotatable bonds is 5. The van der Waals surface area contributed by atoms with Crippen LogP contribution in [0.1, 0.15) is 0 Å². The van der Waals surface area contributed by atoms with E-state index in [1.165, 1.54) is 4.70 Å². The number of nitrogens with one attached hydrogen (secondary N) is 2. The van der Waals surface area contributed by atoms with Crippen molar-refractivity contribution < 1.29 is 4.79 Å². The fourth-order valence-electron chi connectivity index (χ4n) is 1.54. The van der Waals surface area contributed by atoms with Crippen LogP contribution in [0.4, 0.5) is 5.69 Å². The van der Waals surface area contributed by atoms with Crippen LogP contribution in [0.25, 0.3) is 10.1 Å². The monoisotopic (exact) mass is 246 g/mol. The van der Waals surface area contributed by atoms with E-state index in [1.807, 2.05) is 29.6 Å². The van der Waals surface area contributed by atoms with Crippen LogP contribution in [0.2, 0.25) is 0 Å². The van der Waals surface area contributed by atoms with Gasteiger partial charge in [0.25, 0.3) is 0 Å². The lowest BCUT2D eigenvalue weighted by Crippen LogP contribution is -2.27. The largest absolute Gasteiger partial charge is 0.325 e. The van der Waals surface area contributed by atoms with Crippen molar-refractivity contribution in [3.63, 3.8) is 0 Å². The number of thiophene rings is 1. The molecule has 0 aliphatic carbocycles. The highest BCUT2D eigenvalue weighted by molar-refractivity contribution is 7.17. The highest BCUT2D eigenvalue weighted by Gasteiger charge is 2.02. The van der Waals surface area contributed by atoms with Crippen molar-refractivity contribution in [1.82, 2.24) is 5.32 Å². The van der Waals surface area contributed by atoms with Gasteiger partial charge in [0.1, 0.15) is 0 Å². The maximum absolute atomic E-state index is 11.6. The van der Waals surface area contributed by atoms with Crippen LogP contribution in [0, 0.1) is 0 Å². The number of benzene rings is 1. The number of hydrogen-bond acceptors (Lipinski definition) is 3. The standard InChI is InChI=1S/C13H14N2OS/c1-2-6-14-9-13(16)15-11-3-4-12-10(8-11)5-7-17-12/h2-5,7-8,14H,1,6,9H2,(H,15,16). The maximum Gasteiger partial charge on any atom is 0.238 e. The summed E-state index contributed by atoms with van der Waals surface area (Å²) in [5, 5.41) is 9.01. The van der Waals surface area contributed by atoms with Gasteiger partial charge in [-0.1, -0.05) is 6.08 Å². The van der Waals surface area contributed by atoms with Crippen molar-refractivity contribution in [3.05, 3.63) is 42.3 Å². The Hall–Kier alpha value is -1.65. The molecule has 0 fully saturated rings. The summed E-state index contributed by atoms with van der Waals surface area (Å²) >= 11 is 1.70. The summed E-state index contributed by atoms with van der Waals surface area (Å²) in [5.74, 6) is -0.0403. The molecule has 0 radical (unpaired) electrons. The topological polar surface area (TPSA) is 41.1 Å². The molecule has 0 saturated carbocycles. The van der Waals surface area contributed by atoms with Gasteiger partial charge in [-0.3, -0.25) is 4.79 Å². The zero-order valence-electron chi connectivity index (χ0n) is 9.40. The van der Waals surface area contributed by atoms with Gasteiger partial charge in [-0.25, -0.2) is 0 Å². The molecule has 2 aromatic rings. The molecule has 0 unspecified atom stereocenters. The molecule has 0 spiro atoms. The molecular formula is C13H14N2OS. The van der Waals surface area contributed by atoms with E-state index < -0.39 is 0 Å². The quantitative estimate of drug-likeness (QED) is 0.629. The summed E-state index contributed by atoms with van der Waals surface area (Å²) in [6.45, 7) is 4.51. The SMILES string of the molecule is C=CCNCC(=O)Nc1ccc2sccc2c1. The molecule has 0 saturated heterocycles. The first-order valence-electron chi connectivity index (χ1n) is 5.38. The maximum atomic E-state index is 11.6. The van der Waals surface area contributed by atoms with E-state index >= 15 is 0 Å². The number of fused-ring (bicyclic) bond motifs is 1. The highest BCUT2D eigenvalue weighted by atomic mass is 32.1. The third-order valence-electron chi connectivity index (χ3n) is 2.31. The number of carbonyl (C=O) groups excluding carboxylic acids is 1. The van der Waals surface area contributed by atoms with Crippen LogP contribution in [-0.4, -0.2) is 19.0 Å². The molecule has 17 heavy (non-hydrogen) atoms. The Morgan fingerprint density at radius 1 is 1.41 bits per heavy atom. The second-order valence-corrected chi connectivity index (χ2v) is 4.59. The molecule has 2 N–H and O–H groups in total. The van der Waals surface area contributed by atoms with Gasteiger partial charge in [-0.15, -0.1) is 17.9 Å². The van der Waals surface area contributed by atoms with Crippen molar-refractivity contribution in [2.45, 2.75) is 0 Å². The first-order chi connectivity index (χ1) is 8.29. The zero-order valence-corrected chi connectivity index (χ0v) is 10.2. The van der Waals surface area contributed by atoms with Crippen LogP contribution >= 0.6 is 11.3 Å². The first-order valence-corrected chi connectivity index (χ1v) is 6.26. The Morgan fingerprint density at radius 3 is 3.12 bits per heavy atom. The molecule has 0 aliphatic rings. The van der Waals surface area contributed by atoms with Gasteiger partial charge in [0, 0.05) is 16.9 Å². The van der Waals surface area contributed by atoms with Crippen molar-refractivity contribution >= 4 is 33.0 Å². The van der Waals surface area contributed by atoms with Gasteiger partial charge in [-0.05, 0) is 35.0 Å². The lowest BCUT2D eigenvalue weighted by Gasteiger charge is -2.05. The Labute approximate surface area is 104 Å². The van der Waals surface area contributed by atoms with Crippen molar-refractivity contribution in [2.75, 3.05) is 18.4 Å². The minimum absolute atomic E-state index is 0.0403. The predicted octanol–water partition coefficient (Wildman–Crippen LogP) is 2.62. The van der Waals surface area contributed by atoms with E-state index in [0.717, 1.165) is 11.1 Å². The average Bonchev–Trinajstić information content (AvgIpc) is 2.76. The van der Waals surface area contributed by atoms with Crippen LogP contribution in [0.3, 0.4) is 0 Å². The van der Waals surface area contributed by atoms with Crippen LogP contribution in [0.5, 0.6) is 0 Å². The zero-order chi connectivity index (χ0) is 12.1. The summed E-state index contributed by atoms with van der Waals surface area (Å²) in [5.41, 5.74) is 0.835. The summed E-state index contributed by atoms with van der Waals surface area (Å²) < 4.78 is 1.23. The van der Waals surface area contributed by atoms with Gasteiger partial charge in [0.15, 0.2) is 0 Å². The number of carbonyl (C=O) groups is 1. The lowest BCUT2D eigenvalue weighted by atomic mass is 10.2. The van der Waals surface area contributed by atoms with E-state index in [-0.39, 0.29) is 5.91 Å². The highest BCUT2D eigenvalue weighted by Crippen LogP contribution is 2.23. The van der Waals surface area contributed by atoms with Crippen molar-refractivity contribution in [1.29, 1.82) is 0 Å². The van der Waals surface area contributed by atoms with Crippen molar-refractivity contribution in [2.24, 2.45) is 0 Å². The minimum Gasteiger partial charge on any atom is -0.325 e. The molecule has 4 heteroatoms. The van der Waals surface area contributed by atoms with Gasteiger partial charge in [-0.2, -0.15) is 0 Å². The normalized spacial score (nSPS) is 10.4. The second kappa shape index (κ2) is 5.61. The van der Waals surface area contributed by atoms with Gasteiger partial charge >= 0.3 is 0 Å². The molecular weight excluding hydrogens is 232 g/mol. The van der Waals surface area contributed by atoms with E-state index in [1.54, 1.807) is 17.4 Å². The van der Waals surface area contributed by atoms with Crippen LogP contribution in [0.15, 0.2) is 42.3 Å². The third-order valence-corrected chi connectivity index (χ3v) is 3.21. The van der Waals surface area contributed by atoms with E-state index in [2.05, 4.69) is 17.2 Å². The fraction of sp³-hybridized carbons (Fsp3) is 0.154. The number of anilines is 1. The van der Waals surface area contributed by atoms with Gasteiger partial charge < -0.3 is 10.6 Å². The van der Waals surface area contributed by atoms with Crippen LogP contribution < -0.4 is 10.6 Å². The Bertz CT molecular complexity index is 533. The molecule has 3 nitrogen and oxygen atoms in total. The molecule has 1 heterocycles. The van der Waals surface area contributed by atoms with Crippen LogP contribution in [-0.2, 0) is 4.79 Å². The second-order valence-electron chi connectivity index (χ2n) is 3.64. The van der Waals surface area contributed by atoms with Gasteiger partial charge in [0.05, 0.1) is 6.54 Å². The third kappa shape index (κ3) is 3.15. The Kier molecular flexibility index (Phi) is 3.90. The van der Waals surface area contributed by atoms with E-state index in [0.29, 0.717) is 13.1 Å². The summed E-state index contributed by atoms with van der Waals surface area (Å²) in [4.78, 5) is 11.6.